The maximum absolute atomic E-state index is 12.5. The lowest BCUT2D eigenvalue weighted by Gasteiger charge is -2.07. The number of nitrogens with zero attached hydrogens (tertiary/aromatic N) is 4. The molecule has 2 aromatic heterocycles. The number of ether oxygens (including phenoxy) is 1. The van der Waals surface area contributed by atoms with Crippen molar-refractivity contribution in [3.63, 3.8) is 0 Å². The number of nitro groups is 1. The average Bonchev–Trinajstić information content (AvgIpc) is 3.17. The minimum absolute atomic E-state index is 0.467. The second-order valence-electron chi connectivity index (χ2n) is 4.71. The van der Waals surface area contributed by atoms with Gasteiger partial charge in [0.2, 0.25) is 5.75 Å². The number of nitro benzene ring substituents is 1. The second kappa shape index (κ2) is 7.15. The topological polar surface area (TPSA) is 83.1 Å². The van der Waals surface area contributed by atoms with Crippen LogP contribution < -0.4 is 4.74 Å². The van der Waals surface area contributed by atoms with Gasteiger partial charge in [0.15, 0.2) is 11.0 Å². The Morgan fingerprint density at radius 3 is 2.80 bits per heavy atom. The molecule has 3 rings (SSSR count). The summed E-state index contributed by atoms with van der Waals surface area (Å²) in [7, 11) is 1.78. The number of alkyl halides is 2. The summed E-state index contributed by atoms with van der Waals surface area (Å²) >= 11 is 2.65. The average molecular weight is 384 g/mol. The van der Waals surface area contributed by atoms with Crippen molar-refractivity contribution in [3.8, 4) is 16.5 Å². The van der Waals surface area contributed by atoms with Crippen LogP contribution in [0, 0.1) is 10.1 Å². The highest BCUT2D eigenvalue weighted by atomic mass is 32.2. The molecule has 0 atom stereocenters. The Balaban J connectivity index is 1.89. The van der Waals surface area contributed by atoms with Gasteiger partial charge in [-0.25, -0.2) is 0 Å². The van der Waals surface area contributed by atoms with Crippen LogP contribution in [0.15, 0.2) is 45.8 Å². The Hall–Kier alpha value is -2.53. The number of benzene rings is 1. The summed E-state index contributed by atoms with van der Waals surface area (Å²) < 4.78 is 30.9. The van der Waals surface area contributed by atoms with Gasteiger partial charge >= 0.3 is 12.3 Å². The largest absolute Gasteiger partial charge is 0.427 e. The fraction of sp³-hybridized carbons (Fsp3) is 0.143. The molecule has 0 bridgehead atoms. The van der Waals surface area contributed by atoms with Crippen molar-refractivity contribution in [1.82, 2.24) is 14.8 Å². The molecule has 11 heteroatoms. The van der Waals surface area contributed by atoms with E-state index in [0.29, 0.717) is 15.9 Å². The SMILES string of the molecule is Cn1c(Sc2ccc([N+](=O)[O-])c(OC(F)F)c2)nnc1-c1cccs1. The van der Waals surface area contributed by atoms with Crippen molar-refractivity contribution in [3.05, 3.63) is 45.8 Å². The number of halogens is 2. The van der Waals surface area contributed by atoms with E-state index in [0.717, 1.165) is 22.7 Å². The Bertz CT molecular complexity index is 900. The fourth-order valence-electron chi connectivity index (χ4n) is 2.03. The molecule has 0 saturated carbocycles. The number of hydrogen-bond donors (Lipinski definition) is 0. The predicted molar refractivity (Wildman–Crippen MR) is 88.2 cm³/mol. The zero-order chi connectivity index (χ0) is 18.0. The van der Waals surface area contributed by atoms with E-state index in [9.17, 15) is 18.9 Å². The van der Waals surface area contributed by atoms with Crippen LogP contribution in [0.2, 0.25) is 0 Å². The molecule has 0 saturated heterocycles. The quantitative estimate of drug-likeness (QED) is 0.468. The van der Waals surface area contributed by atoms with Crippen molar-refractivity contribution in [2.75, 3.05) is 0 Å². The molecule has 0 aliphatic rings. The van der Waals surface area contributed by atoms with Gasteiger partial charge in [-0.15, -0.1) is 21.5 Å². The summed E-state index contributed by atoms with van der Waals surface area (Å²) in [5, 5.41) is 21.5. The highest BCUT2D eigenvalue weighted by Crippen LogP contribution is 2.36. The normalized spacial score (nSPS) is 11.0. The molecule has 0 fully saturated rings. The molecular weight excluding hydrogens is 374 g/mol. The highest BCUT2D eigenvalue weighted by Gasteiger charge is 2.20. The van der Waals surface area contributed by atoms with Crippen LogP contribution >= 0.6 is 23.1 Å². The molecule has 0 amide bonds. The molecule has 0 unspecified atom stereocenters. The molecular formula is C14H10F2N4O3S2. The fourth-order valence-corrected chi connectivity index (χ4v) is 3.59. The molecule has 130 valence electrons. The molecule has 0 aliphatic carbocycles. The van der Waals surface area contributed by atoms with Gasteiger partial charge in [0, 0.05) is 24.1 Å². The Kier molecular flexibility index (Phi) is 4.95. The van der Waals surface area contributed by atoms with Crippen LogP contribution in [0.25, 0.3) is 10.7 Å². The van der Waals surface area contributed by atoms with Crippen molar-refractivity contribution in [1.29, 1.82) is 0 Å². The second-order valence-corrected chi connectivity index (χ2v) is 6.70. The van der Waals surface area contributed by atoms with E-state index < -0.39 is 23.0 Å². The van der Waals surface area contributed by atoms with Gasteiger partial charge in [0.05, 0.1) is 9.80 Å². The van der Waals surface area contributed by atoms with Crippen LogP contribution in [-0.2, 0) is 7.05 Å². The zero-order valence-corrected chi connectivity index (χ0v) is 14.3. The van der Waals surface area contributed by atoms with Gasteiger partial charge in [-0.1, -0.05) is 6.07 Å². The Morgan fingerprint density at radius 1 is 1.36 bits per heavy atom. The molecule has 2 heterocycles. The minimum atomic E-state index is -3.15. The molecule has 0 N–H and O–H groups in total. The van der Waals surface area contributed by atoms with Crippen molar-refractivity contribution in [2.45, 2.75) is 16.7 Å². The third kappa shape index (κ3) is 3.77. The first-order chi connectivity index (χ1) is 12.0. The third-order valence-corrected chi connectivity index (χ3v) is 5.02. The first-order valence-electron chi connectivity index (χ1n) is 6.80. The van der Waals surface area contributed by atoms with Gasteiger partial charge in [0.25, 0.3) is 0 Å². The van der Waals surface area contributed by atoms with Gasteiger partial charge in [-0.2, -0.15) is 8.78 Å². The van der Waals surface area contributed by atoms with Crippen LogP contribution in [0.5, 0.6) is 5.75 Å². The first-order valence-corrected chi connectivity index (χ1v) is 8.49. The lowest BCUT2D eigenvalue weighted by molar-refractivity contribution is -0.386. The number of rotatable bonds is 6. The van der Waals surface area contributed by atoms with E-state index in [1.54, 1.807) is 11.6 Å². The van der Waals surface area contributed by atoms with E-state index in [2.05, 4.69) is 14.9 Å². The van der Waals surface area contributed by atoms with Crippen molar-refractivity contribution >= 4 is 28.8 Å². The summed E-state index contributed by atoms with van der Waals surface area (Å²) in [5.74, 6) is 0.175. The van der Waals surface area contributed by atoms with Gasteiger partial charge < -0.3 is 9.30 Å². The van der Waals surface area contributed by atoms with Crippen LogP contribution in [0.1, 0.15) is 0 Å². The molecule has 0 spiro atoms. The standard InChI is InChI=1S/C14H10F2N4O3S2/c1-19-12(11-3-2-6-24-11)17-18-14(19)25-8-4-5-9(20(21)22)10(7-8)23-13(15)16/h2-7,13H,1H3. The number of aromatic nitrogens is 3. The number of thiophene rings is 1. The number of hydrogen-bond acceptors (Lipinski definition) is 7. The maximum atomic E-state index is 12.5. The predicted octanol–water partition coefficient (Wildman–Crippen LogP) is 4.20. The summed E-state index contributed by atoms with van der Waals surface area (Å²) in [4.78, 5) is 11.5. The van der Waals surface area contributed by atoms with E-state index in [-0.39, 0.29) is 0 Å². The first kappa shape index (κ1) is 17.3. The van der Waals surface area contributed by atoms with Crippen molar-refractivity contribution in [2.24, 2.45) is 7.05 Å². The van der Waals surface area contributed by atoms with E-state index in [4.69, 9.17) is 0 Å². The molecule has 1 aromatic carbocycles. The zero-order valence-electron chi connectivity index (χ0n) is 12.6. The smallest absolute Gasteiger partial charge is 0.387 e. The third-order valence-electron chi connectivity index (χ3n) is 3.13. The lowest BCUT2D eigenvalue weighted by atomic mass is 10.3. The Labute approximate surface area is 148 Å². The van der Waals surface area contributed by atoms with Gasteiger partial charge in [-0.3, -0.25) is 10.1 Å². The molecule has 7 nitrogen and oxygen atoms in total. The van der Waals surface area contributed by atoms with Crippen LogP contribution in [0.4, 0.5) is 14.5 Å². The van der Waals surface area contributed by atoms with E-state index in [1.807, 2.05) is 17.5 Å². The highest BCUT2D eigenvalue weighted by molar-refractivity contribution is 7.99. The Morgan fingerprint density at radius 2 is 2.16 bits per heavy atom. The summed E-state index contributed by atoms with van der Waals surface area (Å²) in [6, 6.07) is 7.56. The molecule has 0 aliphatic heterocycles. The van der Waals surface area contributed by atoms with Crippen molar-refractivity contribution < 1.29 is 18.4 Å². The molecule has 3 aromatic rings. The monoisotopic (exact) mass is 384 g/mol. The summed E-state index contributed by atoms with van der Waals surface area (Å²) in [6.07, 6.45) is 0. The molecule has 0 radical (unpaired) electrons. The van der Waals surface area contributed by atoms with Gasteiger partial charge in [0.1, 0.15) is 0 Å². The van der Waals surface area contributed by atoms with E-state index >= 15 is 0 Å². The lowest BCUT2D eigenvalue weighted by Crippen LogP contribution is -2.04. The minimum Gasteiger partial charge on any atom is -0.427 e. The van der Waals surface area contributed by atoms with Gasteiger partial charge in [-0.05, 0) is 29.3 Å². The summed E-state index contributed by atoms with van der Waals surface area (Å²) in [5.41, 5.74) is -0.526. The van der Waals surface area contributed by atoms with Crippen LogP contribution in [-0.4, -0.2) is 26.3 Å². The summed E-state index contributed by atoms with van der Waals surface area (Å²) in [6.45, 7) is -3.15. The van der Waals surface area contributed by atoms with Crippen LogP contribution in [0.3, 0.4) is 0 Å². The molecule has 25 heavy (non-hydrogen) atoms. The maximum Gasteiger partial charge on any atom is 0.387 e. The van der Waals surface area contributed by atoms with E-state index in [1.165, 1.54) is 23.5 Å².